The lowest BCUT2D eigenvalue weighted by Crippen LogP contribution is -2.60. The minimum absolute atomic E-state index is 0.0116. The second-order valence-corrected chi connectivity index (χ2v) is 18.5. The number of aromatic nitrogens is 1. The van der Waals surface area contributed by atoms with Crippen molar-refractivity contribution in [3.63, 3.8) is 0 Å². The van der Waals surface area contributed by atoms with E-state index in [1.807, 2.05) is 24.3 Å². The molecule has 0 spiro atoms. The SMILES string of the molecule is CC(=O)N[C@@H](CCCN=C(N)N)C(=O)N[C@H]1CC(=O)NCCCC[C@@H](C(N)=O)NC(=O)[C@H](Cc2c[nH]c3ccccc23)CC(=O)[C@H](CCCN=C(N)N)CC(=O)[C@@H](Cc2ccccc2)NC(=O)[C@H]([C@@H](C)O)NC1=O. The first kappa shape index (κ1) is 58.7. The highest BCUT2D eigenvalue weighted by Crippen LogP contribution is 2.26. The number of hydrogen-bond donors (Lipinski definition) is 13. The van der Waals surface area contributed by atoms with Gasteiger partial charge in [0, 0.05) is 68.3 Å². The van der Waals surface area contributed by atoms with E-state index in [2.05, 4.69) is 46.9 Å². The van der Waals surface area contributed by atoms with Crippen LogP contribution in [0.15, 0.2) is 70.8 Å². The van der Waals surface area contributed by atoms with Crippen molar-refractivity contribution in [2.45, 2.75) is 127 Å². The molecule has 74 heavy (non-hydrogen) atoms. The maximum Gasteiger partial charge on any atom is 0.245 e. The summed E-state index contributed by atoms with van der Waals surface area (Å²) in [5.41, 5.74) is 29.9. The number of benzene rings is 2. The molecular weight excluding hydrogens is 957 g/mol. The highest BCUT2D eigenvalue weighted by molar-refractivity contribution is 5.99. The smallest absolute Gasteiger partial charge is 0.245 e. The number of fused-ring (bicyclic) bond motifs is 1. The van der Waals surface area contributed by atoms with Gasteiger partial charge < -0.3 is 70.7 Å². The molecule has 3 aromatic rings. The Morgan fingerprint density at radius 3 is 2.08 bits per heavy atom. The number of para-hydroxylation sites is 1. The second kappa shape index (κ2) is 29.6. The molecule has 0 bridgehead atoms. The molecule has 1 fully saturated rings. The fraction of sp³-hybridized carbons (Fsp3) is 0.500. The van der Waals surface area contributed by atoms with Crippen LogP contribution in [0.1, 0.15) is 89.2 Å². The molecule has 7 amide bonds. The number of aliphatic hydroxyl groups excluding tert-OH is 1. The Kier molecular flexibility index (Phi) is 23.5. The standard InChI is InChI=1S/C50H72N14O10/c1-28(65)43-48(74)62-38(22-30-12-4-3-5-13-30)41(68)24-31(14-10-20-57-49(52)53)40(67)25-32(23-33-27-59-35-16-7-6-15-34(33)35)45(71)61-36(44(51)70)17-8-9-19-56-42(69)26-39(47(73)64-43)63-46(72)37(60-29(2)66)18-11-21-58-50(54)55/h3-7,12-13,15-16,27-28,31-32,36-39,43,59,65H,8-11,14,17-26H2,1-2H3,(H2,51,70)(H,56,69)(H,60,66)(H,61,71)(H,62,74)(H,63,72)(H,64,73)(H4,52,53,57)(H4,54,55,58)/t28-,31-,32-,36+,37+,38-,39+,43+/m1/s1. The summed E-state index contributed by atoms with van der Waals surface area (Å²) in [4.78, 5) is 135. The van der Waals surface area contributed by atoms with Crippen LogP contribution in [0.4, 0.5) is 0 Å². The van der Waals surface area contributed by atoms with Crippen LogP contribution in [0.3, 0.4) is 0 Å². The number of aliphatic hydroxyl groups is 1. The predicted molar refractivity (Wildman–Crippen MR) is 276 cm³/mol. The molecule has 2 aromatic carbocycles. The molecule has 1 aliphatic rings. The molecule has 18 N–H and O–H groups in total. The zero-order valence-corrected chi connectivity index (χ0v) is 41.9. The Bertz CT molecular complexity index is 2490. The normalized spacial score (nSPS) is 21.9. The van der Waals surface area contributed by atoms with Gasteiger partial charge in [-0.05, 0) is 81.9 Å². The van der Waals surface area contributed by atoms with E-state index in [1.54, 1.807) is 36.5 Å². The summed E-state index contributed by atoms with van der Waals surface area (Å²) in [5.74, 6) is -9.26. The molecule has 0 unspecified atom stereocenters. The molecule has 8 atom stereocenters. The van der Waals surface area contributed by atoms with Crippen molar-refractivity contribution in [1.29, 1.82) is 0 Å². The van der Waals surface area contributed by atoms with E-state index >= 15 is 0 Å². The first-order chi connectivity index (χ1) is 35.2. The Labute approximate surface area is 429 Å². The summed E-state index contributed by atoms with van der Waals surface area (Å²) in [6.07, 6.45) is -0.250. The predicted octanol–water partition coefficient (Wildman–Crippen LogP) is -1.79. The Morgan fingerprint density at radius 2 is 1.42 bits per heavy atom. The fourth-order valence-electron chi connectivity index (χ4n) is 8.59. The van der Waals surface area contributed by atoms with Crippen molar-refractivity contribution in [1.82, 2.24) is 36.9 Å². The maximum atomic E-state index is 14.7. The zero-order valence-electron chi connectivity index (χ0n) is 41.9. The van der Waals surface area contributed by atoms with Crippen LogP contribution in [-0.4, -0.2) is 131 Å². The van der Waals surface area contributed by atoms with Crippen LogP contribution < -0.4 is 60.6 Å². The van der Waals surface area contributed by atoms with Crippen molar-refractivity contribution >= 4 is 75.7 Å². The third kappa shape index (κ3) is 19.6. The number of carbonyl (C=O) groups is 9. The summed E-state index contributed by atoms with van der Waals surface area (Å²) in [6, 6.07) is 8.84. The molecule has 2 heterocycles. The first-order valence-corrected chi connectivity index (χ1v) is 24.7. The van der Waals surface area contributed by atoms with Crippen molar-refractivity contribution in [3.8, 4) is 0 Å². The molecule has 1 saturated heterocycles. The van der Waals surface area contributed by atoms with Crippen molar-refractivity contribution in [2.24, 2.45) is 50.5 Å². The van der Waals surface area contributed by atoms with Gasteiger partial charge in [-0.25, -0.2) is 0 Å². The first-order valence-electron chi connectivity index (χ1n) is 24.7. The van der Waals surface area contributed by atoms with Gasteiger partial charge in [-0.3, -0.25) is 53.1 Å². The van der Waals surface area contributed by atoms with Gasteiger partial charge in [-0.1, -0.05) is 48.5 Å². The summed E-state index contributed by atoms with van der Waals surface area (Å²) < 4.78 is 0. The molecule has 0 radical (unpaired) electrons. The number of rotatable bonds is 17. The van der Waals surface area contributed by atoms with Gasteiger partial charge in [-0.15, -0.1) is 0 Å². The van der Waals surface area contributed by atoms with Crippen LogP contribution >= 0.6 is 0 Å². The third-order valence-electron chi connectivity index (χ3n) is 12.5. The van der Waals surface area contributed by atoms with Gasteiger partial charge in [0.1, 0.15) is 30.0 Å². The Balaban J connectivity index is 1.76. The lowest BCUT2D eigenvalue weighted by molar-refractivity contribution is -0.137. The number of nitrogens with two attached hydrogens (primary N) is 5. The van der Waals surface area contributed by atoms with E-state index in [0.29, 0.717) is 5.56 Å². The van der Waals surface area contributed by atoms with E-state index in [-0.39, 0.29) is 95.8 Å². The van der Waals surface area contributed by atoms with E-state index in [4.69, 9.17) is 28.7 Å². The van der Waals surface area contributed by atoms with Crippen LogP contribution in [0.2, 0.25) is 0 Å². The van der Waals surface area contributed by atoms with Gasteiger partial charge in [0.2, 0.25) is 41.4 Å². The number of primary amides is 1. The number of aliphatic imine (C=N–C) groups is 2. The number of Topliss-reactive ketones (excluding diaryl/α,β-unsaturated/α-hetero) is 2. The third-order valence-corrected chi connectivity index (χ3v) is 12.5. The van der Waals surface area contributed by atoms with Crippen LogP contribution in [0, 0.1) is 11.8 Å². The summed E-state index contributed by atoms with van der Waals surface area (Å²) in [7, 11) is 0. The number of H-pyrrole nitrogens is 1. The zero-order chi connectivity index (χ0) is 54.3. The van der Waals surface area contributed by atoms with Gasteiger partial charge >= 0.3 is 0 Å². The van der Waals surface area contributed by atoms with E-state index in [9.17, 15) is 48.3 Å². The summed E-state index contributed by atoms with van der Waals surface area (Å²) in [6.45, 7) is 2.62. The largest absolute Gasteiger partial charge is 0.391 e. The fourth-order valence-corrected chi connectivity index (χ4v) is 8.59. The molecule has 402 valence electrons. The number of nitrogens with zero attached hydrogens (tertiary/aromatic N) is 2. The molecular formula is C50H72N14O10. The highest BCUT2D eigenvalue weighted by Gasteiger charge is 2.36. The van der Waals surface area contributed by atoms with E-state index in [0.717, 1.165) is 16.5 Å². The van der Waals surface area contributed by atoms with E-state index < -0.39 is 114 Å². The number of guanidine groups is 2. The number of hydrogen-bond acceptors (Lipinski definition) is 12. The Hall–Kier alpha value is -7.89. The average Bonchev–Trinajstić information content (AvgIpc) is 3.75. The van der Waals surface area contributed by atoms with Crippen LogP contribution in [0.25, 0.3) is 10.9 Å². The number of nitrogens with one attached hydrogen (secondary N) is 7. The second-order valence-electron chi connectivity index (χ2n) is 18.5. The lowest BCUT2D eigenvalue weighted by atomic mass is 9.83. The molecule has 0 aliphatic carbocycles. The lowest BCUT2D eigenvalue weighted by Gasteiger charge is -2.28. The van der Waals surface area contributed by atoms with Crippen LogP contribution in [-0.2, 0) is 56.0 Å². The number of ketones is 2. The van der Waals surface area contributed by atoms with Gasteiger partial charge in [0.05, 0.1) is 18.6 Å². The number of aromatic amines is 1. The van der Waals surface area contributed by atoms with Gasteiger partial charge in [0.25, 0.3) is 0 Å². The summed E-state index contributed by atoms with van der Waals surface area (Å²) >= 11 is 0. The molecule has 24 nitrogen and oxygen atoms in total. The van der Waals surface area contributed by atoms with Crippen molar-refractivity contribution < 1.29 is 48.3 Å². The molecule has 24 heteroatoms. The van der Waals surface area contributed by atoms with Crippen molar-refractivity contribution in [3.05, 3.63) is 71.9 Å². The molecule has 1 aliphatic heterocycles. The van der Waals surface area contributed by atoms with Gasteiger partial charge in [0.15, 0.2) is 17.7 Å². The monoisotopic (exact) mass is 1030 g/mol. The van der Waals surface area contributed by atoms with Gasteiger partial charge in [-0.2, -0.15) is 0 Å². The quantitative estimate of drug-likeness (QED) is 0.0404. The van der Waals surface area contributed by atoms with Crippen LogP contribution in [0.5, 0.6) is 0 Å². The van der Waals surface area contributed by atoms with Crippen molar-refractivity contribution in [2.75, 3.05) is 19.6 Å². The highest BCUT2D eigenvalue weighted by atomic mass is 16.3. The van der Waals surface area contributed by atoms with E-state index in [1.165, 1.54) is 13.8 Å². The molecule has 4 rings (SSSR count). The minimum atomic E-state index is -1.76. The Morgan fingerprint density at radius 1 is 0.757 bits per heavy atom. The molecule has 0 saturated carbocycles. The minimum Gasteiger partial charge on any atom is -0.391 e. The summed E-state index contributed by atoms with van der Waals surface area (Å²) in [5, 5.41) is 27.3. The topological polar surface area (TPSA) is 417 Å². The average molecular weight is 1030 g/mol. The number of carbonyl (C=O) groups excluding carboxylic acids is 9. The maximum absolute atomic E-state index is 14.7. The number of amides is 7. The molecule has 1 aromatic heterocycles.